The van der Waals surface area contributed by atoms with Crippen molar-refractivity contribution in [2.45, 2.75) is 17.3 Å². The number of carbonyl (C=O) groups is 1. The highest BCUT2D eigenvalue weighted by Crippen LogP contribution is 2.26. The highest BCUT2D eigenvalue weighted by Gasteiger charge is 2.20. The van der Waals surface area contributed by atoms with E-state index in [1.54, 1.807) is 23.6 Å². The number of para-hydroxylation sites is 1. The van der Waals surface area contributed by atoms with Crippen molar-refractivity contribution in [3.63, 3.8) is 0 Å². The molecule has 1 aromatic carbocycles. The van der Waals surface area contributed by atoms with E-state index < -0.39 is 0 Å². The fourth-order valence-corrected chi connectivity index (χ4v) is 4.06. The summed E-state index contributed by atoms with van der Waals surface area (Å²) < 4.78 is 1.57. The highest BCUT2D eigenvalue weighted by molar-refractivity contribution is 8.00. The molecule has 1 atom stereocenters. The largest absolute Gasteiger partial charge is 0.352 e. The molecule has 3 aromatic rings. The molecule has 0 aliphatic rings. The lowest BCUT2D eigenvalue weighted by molar-refractivity contribution is -0.120. The second-order valence-corrected chi connectivity index (χ2v) is 7.51. The number of benzene rings is 1. The molecule has 3 rings (SSSR count). The molecule has 0 radical (unpaired) electrons. The fourth-order valence-electron chi connectivity index (χ4n) is 2.31. The van der Waals surface area contributed by atoms with Crippen LogP contribution in [0.1, 0.15) is 6.92 Å². The maximum absolute atomic E-state index is 12.9. The quantitative estimate of drug-likeness (QED) is 0.410. The summed E-state index contributed by atoms with van der Waals surface area (Å²) in [5.74, 6) is -0.120. The molecule has 0 fully saturated rings. The Hall–Kier alpha value is -2.38. The van der Waals surface area contributed by atoms with Gasteiger partial charge < -0.3 is 5.32 Å². The van der Waals surface area contributed by atoms with Gasteiger partial charge in [0.1, 0.15) is 4.83 Å². The standard InChI is InChI=1S/C18H17N3O2S2/c1-3-10-19-15(22)12(2)25-18-20-16-14(9-11-24-16)17(23)21(18)13-7-5-4-6-8-13/h3-9,11-12H,1,10H2,2H3,(H,19,22)/t12-/m1/s1. The third-order valence-corrected chi connectivity index (χ3v) is 5.41. The summed E-state index contributed by atoms with van der Waals surface area (Å²) in [6.07, 6.45) is 1.63. The van der Waals surface area contributed by atoms with E-state index in [1.807, 2.05) is 35.7 Å². The number of amides is 1. The maximum Gasteiger partial charge on any atom is 0.267 e. The first-order valence-electron chi connectivity index (χ1n) is 7.72. The predicted molar refractivity (Wildman–Crippen MR) is 104 cm³/mol. The van der Waals surface area contributed by atoms with Crippen LogP contribution >= 0.6 is 23.1 Å². The zero-order valence-corrected chi connectivity index (χ0v) is 15.3. The molecule has 128 valence electrons. The Bertz CT molecular complexity index is 963. The number of thioether (sulfide) groups is 1. The van der Waals surface area contributed by atoms with Crippen LogP contribution in [0.2, 0.25) is 0 Å². The number of hydrogen-bond donors (Lipinski definition) is 1. The molecular formula is C18H17N3O2S2. The van der Waals surface area contributed by atoms with Gasteiger partial charge in [-0.1, -0.05) is 36.0 Å². The molecule has 0 saturated heterocycles. The third-order valence-electron chi connectivity index (χ3n) is 3.55. The molecule has 0 saturated carbocycles. The molecule has 0 spiro atoms. The molecule has 1 amide bonds. The van der Waals surface area contributed by atoms with Gasteiger partial charge in [-0.15, -0.1) is 17.9 Å². The topological polar surface area (TPSA) is 64.0 Å². The zero-order valence-electron chi connectivity index (χ0n) is 13.6. The summed E-state index contributed by atoms with van der Waals surface area (Å²) in [6, 6.07) is 11.1. The van der Waals surface area contributed by atoms with Crippen LogP contribution in [0.3, 0.4) is 0 Å². The van der Waals surface area contributed by atoms with E-state index in [1.165, 1.54) is 23.1 Å². The summed E-state index contributed by atoms with van der Waals surface area (Å²) in [5, 5.41) is 5.32. The summed E-state index contributed by atoms with van der Waals surface area (Å²) in [7, 11) is 0. The molecule has 0 aliphatic heterocycles. The number of fused-ring (bicyclic) bond motifs is 1. The van der Waals surface area contributed by atoms with Gasteiger partial charge in [-0.25, -0.2) is 4.98 Å². The summed E-state index contributed by atoms with van der Waals surface area (Å²) in [4.78, 5) is 30.4. The van der Waals surface area contributed by atoms with E-state index in [9.17, 15) is 9.59 Å². The Morgan fingerprint density at radius 1 is 1.40 bits per heavy atom. The van der Waals surface area contributed by atoms with Crippen molar-refractivity contribution >= 4 is 39.2 Å². The lowest BCUT2D eigenvalue weighted by atomic mass is 10.3. The molecule has 2 aromatic heterocycles. The van der Waals surface area contributed by atoms with Gasteiger partial charge in [0.25, 0.3) is 5.56 Å². The first kappa shape index (κ1) is 17.4. The van der Waals surface area contributed by atoms with Crippen LogP contribution in [0, 0.1) is 0 Å². The second-order valence-electron chi connectivity index (χ2n) is 5.30. The van der Waals surface area contributed by atoms with E-state index >= 15 is 0 Å². The number of aromatic nitrogens is 2. The zero-order chi connectivity index (χ0) is 17.8. The summed E-state index contributed by atoms with van der Waals surface area (Å²) in [6.45, 7) is 5.80. The van der Waals surface area contributed by atoms with Crippen LogP contribution in [0.4, 0.5) is 0 Å². The van der Waals surface area contributed by atoms with Crippen molar-refractivity contribution in [2.24, 2.45) is 0 Å². The van der Waals surface area contributed by atoms with Gasteiger partial charge in [-0.3, -0.25) is 14.2 Å². The molecule has 7 heteroatoms. The highest BCUT2D eigenvalue weighted by atomic mass is 32.2. The van der Waals surface area contributed by atoms with Crippen LogP contribution in [0.25, 0.3) is 15.9 Å². The maximum atomic E-state index is 12.9. The van der Waals surface area contributed by atoms with E-state index in [-0.39, 0.29) is 16.7 Å². The fraction of sp³-hybridized carbons (Fsp3) is 0.167. The number of rotatable bonds is 6. The number of nitrogens with zero attached hydrogens (tertiary/aromatic N) is 2. The smallest absolute Gasteiger partial charge is 0.267 e. The van der Waals surface area contributed by atoms with E-state index in [0.717, 1.165) is 5.69 Å². The van der Waals surface area contributed by atoms with Crippen LogP contribution in [-0.2, 0) is 4.79 Å². The molecule has 0 bridgehead atoms. The van der Waals surface area contributed by atoms with Crippen molar-refractivity contribution in [1.29, 1.82) is 0 Å². The van der Waals surface area contributed by atoms with Crippen molar-refractivity contribution in [3.8, 4) is 5.69 Å². The molecule has 2 heterocycles. The van der Waals surface area contributed by atoms with Crippen LogP contribution in [0.15, 0.2) is 64.4 Å². The van der Waals surface area contributed by atoms with Gasteiger partial charge in [0.15, 0.2) is 5.16 Å². The third kappa shape index (κ3) is 3.67. The van der Waals surface area contributed by atoms with Gasteiger partial charge in [0.05, 0.1) is 16.3 Å². The van der Waals surface area contributed by atoms with Gasteiger partial charge >= 0.3 is 0 Å². The van der Waals surface area contributed by atoms with Crippen molar-refractivity contribution < 1.29 is 4.79 Å². The molecule has 5 nitrogen and oxygen atoms in total. The molecular weight excluding hydrogens is 354 g/mol. The van der Waals surface area contributed by atoms with Gasteiger partial charge in [-0.05, 0) is 30.5 Å². The van der Waals surface area contributed by atoms with Crippen molar-refractivity contribution in [1.82, 2.24) is 14.9 Å². The Morgan fingerprint density at radius 2 is 2.16 bits per heavy atom. The molecule has 0 aliphatic carbocycles. The number of hydrogen-bond acceptors (Lipinski definition) is 5. The van der Waals surface area contributed by atoms with Gasteiger partial charge in [0.2, 0.25) is 5.91 Å². The first-order valence-corrected chi connectivity index (χ1v) is 9.48. The van der Waals surface area contributed by atoms with E-state index in [4.69, 9.17) is 0 Å². The van der Waals surface area contributed by atoms with Crippen LogP contribution in [0.5, 0.6) is 0 Å². The monoisotopic (exact) mass is 371 g/mol. The lowest BCUT2D eigenvalue weighted by Gasteiger charge is -2.15. The van der Waals surface area contributed by atoms with E-state index in [2.05, 4.69) is 16.9 Å². The van der Waals surface area contributed by atoms with Crippen molar-refractivity contribution in [3.05, 3.63) is 64.8 Å². The Labute approximate surface area is 153 Å². The summed E-state index contributed by atoms with van der Waals surface area (Å²) in [5.41, 5.74) is 0.605. The Morgan fingerprint density at radius 3 is 2.88 bits per heavy atom. The van der Waals surface area contributed by atoms with E-state index in [0.29, 0.717) is 21.9 Å². The Kier molecular flexibility index (Phi) is 5.35. The van der Waals surface area contributed by atoms with Crippen molar-refractivity contribution in [2.75, 3.05) is 6.54 Å². The minimum Gasteiger partial charge on any atom is -0.352 e. The Balaban J connectivity index is 2.06. The minimum absolute atomic E-state index is 0.120. The average molecular weight is 371 g/mol. The first-order chi connectivity index (χ1) is 12.1. The lowest BCUT2D eigenvalue weighted by Crippen LogP contribution is -2.31. The normalized spacial score (nSPS) is 12.0. The minimum atomic E-state index is -0.390. The predicted octanol–water partition coefficient (Wildman–Crippen LogP) is 3.23. The van der Waals surface area contributed by atoms with Gasteiger partial charge in [0, 0.05) is 6.54 Å². The SMILES string of the molecule is C=CCNC(=O)[C@@H](C)Sc1nc2sccc2c(=O)n1-c1ccccc1. The average Bonchev–Trinajstić information content (AvgIpc) is 3.09. The number of nitrogens with one attached hydrogen (secondary N) is 1. The van der Waals surface area contributed by atoms with Crippen LogP contribution in [-0.4, -0.2) is 27.3 Å². The molecule has 1 N–H and O–H groups in total. The second kappa shape index (κ2) is 7.67. The summed E-state index contributed by atoms with van der Waals surface area (Å²) >= 11 is 2.69. The molecule has 0 unspecified atom stereocenters. The van der Waals surface area contributed by atoms with Crippen LogP contribution < -0.4 is 10.9 Å². The number of carbonyl (C=O) groups excluding carboxylic acids is 1. The number of thiophene rings is 1. The van der Waals surface area contributed by atoms with Gasteiger partial charge in [-0.2, -0.15) is 0 Å². The molecule has 25 heavy (non-hydrogen) atoms.